The molecule has 8 nitrogen and oxygen atoms in total. The van der Waals surface area contributed by atoms with Crippen molar-refractivity contribution in [2.75, 3.05) is 7.11 Å². The monoisotopic (exact) mass is 644 g/mol. The standard InChI is InChI=1S/C21H20O5.C19H16O3/c1-26-21-13-15(8-11-20(21)25)4-2-3-5-18(23)9-6-16-7-10-19(24)17(12-16)14-22;20-17(10-7-16-8-13-19(22)14-9-16)4-2-1-3-15-5-11-18(21)12-6-15/h2-13,22,24-25H,14H2,1H3;1-14,21-22H/b4-2+,5-3+,9-6+;3-1+,4-2+,10-7+. The molecule has 5 N–H and O–H groups in total. The summed E-state index contributed by atoms with van der Waals surface area (Å²) in [5.74, 6) is 0.571. The SMILES string of the molecule is COc1cc(/C=C/C=C/C(=O)/C=C/c2ccc(O)c(CO)c2)ccc1O.O=C(/C=C/C=C/c1ccc(O)cc1)/C=C/c1ccc(O)cc1. The van der Waals surface area contributed by atoms with E-state index < -0.39 is 0 Å². The van der Waals surface area contributed by atoms with Gasteiger partial charge in [0.05, 0.1) is 13.7 Å². The van der Waals surface area contributed by atoms with Gasteiger partial charge in [0.1, 0.15) is 17.2 Å². The van der Waals surface area contributed by atoms with Gasteiger partial charge in [-0.05, 0) is 95.1 Å². The van der Waals surface area contributed by atoms with E-state index in [0.717, 1.165) is 16.7 Å². The Morgan fingerprint density at radius 2 is 0.979 bits per heavy atom. The molecule has 0 unspecified atom stereocenters. The number of hydrogen-bond acceptors (Lipinski definition) is 8. The van der Waals surface area contributed by atoms with E-state index in [-0.39, 0.29) is 41.2 Å². The second-order valence-electron chi connectivity index (χ2n) is 10.1. The van der Waals surface area contributed by atoms with Crippen molar-refractivity contribution >= 4 is 35.9 Å². The number of aliphatic hydroxyl groups excluding tert-OH is 1. The summed E-state index contributed by atoms with van der Waals surface area (Å²) in [4.78, 5) is 23.5. The van der Waals surface area contributed by atoms with Gasteiger partial charge in [-0.3, -0.25) is 9.59 Å². The number of allylic oxidation sites excluding steroid dienone is 8. The number of benzene rings is 4. The maximum absolute atomic E-state index is 11.8. The fourth-order valence-corrected chi connectivity index (χ4v) is 3.91. The molecule has 0 spiro atoms. The highest BCUT2D eigenvalue weighted by Crippen LogP contribution is 2.26. The number of phenolic OH excluding ortho intramolecular Hbond substituents is 3. The summed E-state index contributed by atoms with van der Waals surface area (Å²) in [6.07, 6.45) is 19.4. The van der Waals surface area contributed by atoms with Crippen molar-refractivity contribution in [1.82, 2.24) is 0 Å². The molecule has 0 aliphatic heterocycles. The molecule has 0 heterocycles. The van der Waals surface area contributed by atoms with E-state index in [9.17, 15) is 19.8 Å². The van der Waals surface area contributed by atoms with E-state index in [2.05, 4.69) is 0 Å². The first kappa shape index (κ1) is 36.1. The molecule has 4 rings (SSSR count). The summed E-state index contributed by atoms with van der Waals surface area (Å²) in [7, 11) is 1.48. The first-order valence-electron chi connectivity index (χ1n) is 14.7. The number of carbonyl (C=O) groups is 2. The number of ketones is 2. The van der Waals surface area contributed by atoms with Gasteiger partial charge < -0.3 is 30.3 Å². The molecule has 0 saturated heterocycles. The van der Waals surface area contributed by atoms with Crippen LogP contribution < -0.4 is 4.74 Å². The molecule has 0 aliphatic rings. The van der Waals surface area contributed by atoms with Crippen LogP contribution in [0.3, 0.4) is 0 Å². The Kier molecular flexibility index (Phi) is 14.4. The van der Waals surface area contributed by atoms with E-state index >= 15 is 0 Å². The van der Waals surface area contributed by atoms with Crippen molar-refractivity contribution < 1.29 is 39.9 Å². The number of rotatable bonds is 12. The molecule has 0 bridgehead atoms. The molecule has 48 heavy (non-hydrogen) atoms. The molecule has 0 atom stereocenters. The lowest BCUT2D eigenvalue weighted by Crippen LogP contribution is -1.87. The van der Waals surface area contributed by atoms with Crippen molar-refractivity contribution in [2.24, 2.45) is 0 Å². The molecule has 0 saturated carbocycles. The van der Waals surface area contributed by atoms with E-state index in [1.807, 2.05) is 6.08 Å². The second kappa shape index (κ2) is 19.2. The van der Waals surface area contributed by atoms with Crippen LogP contribution in [0.4, 0.5) is 0 Å². The van der Waals surface area contributed by atoms with Gasteiger partial charge in [-0.25, -0.2) is 0 Å². The van der Waals surface area contributed by atoms with Gasteiger partial charge in [0.2, 0.25) is 0 Å². The van der Waals surface area contributed by atoms with Crippen LogP contribution in [0.2, 0.25) is 0 Å². The van der Waals surface area contributed by atoms with Crippen molar-refractivity contribution in [2.45, 2.75) is 6.61 Å². The molecule has 0 amide bonds. The number of carbonyl (C=O) groups excluding carboxylic acids is 2. The zero-order chi connectivity index (χ0) is 34.7. The molecule has 4 aromatic rings. The Balaban J connectivity index is 0.000000264. The van der Waals surface area contributed by atoms with E-state index in [1.54, 1.807) is 115 Å². The first-order valence-corrected chi connectivity index (χ1v) is 14.7. The van der Waals surface area contributed by atoms with Crippen LogP contribution in [-0.2, 0) is 16.2 Å². The van der Waals surface area contributed by atoms with Gasteiger partial charge in [-0.15, -0.1) is 0 Å². The minimum absolute atomic E-state index is 0.0203. The van der Waals surface area contributed by atoms with E-state index in [4.69, 9.17) is 20.1 Å². The van der Waals surface area contributed by atoms with Gasteiger partial charge in [-0.1, -0.05) is 85.0 Å². The molecule has 244 valence electrons. The van der Waals surface area contributed by atoms with Crippen molar-refractivity contribution in [3.8, 4) is 28.7 Å². The predicted molar refractivity (Wildman–Crippen MR) is 189 cm³/mol. The van der Waals surface area contributed by atoms with Gasteiger partial charge in [-0.2, -0.15) is 0 Å². The summed E-state index contributed by atoms with van der Waals surface area (Å²) in [5, 5.41) is 46.5. The maximum Gasteiger partial charge on any atom is 0.178 e. The minimum Gasteiger partial charge on any atom is -0.508 e. The quantitative estimate of drug-likeness (QED) is 0.0793. The zero-order valence-electron chi connectivity index (χ0n) is 26.2. The Morgan fingerprint density at radius 1 is 0.542 bits per heavy atom. The number of aliphatic hydroxyl groups is 1. The average Bonchev–Trinajstić information content (AvgIpc) is 3.09. The van der Waals surface area contributed by atoms with Crippen LogP contribution in [0.25, 0.3) is 24.3 Å². The zero-order valence-corrected chi connectivity index (χ0v) is 26.2. The Labute approximate surface area is 279 Å². The summed E-state index contributed by atoms with van der Waals surface area (Å²) in [6.45, 7) is -0.270. The second-order valence-corrected chi connectivity index (χ2v) is 10.1. The number of hydrogen-bond donors (Lipinski definition) is 5. The van der Waals surface area contributed by atoms with Gasteiger partial charge in [0.15, 0.2) is 23.1 Å². The van der Waals surface area contributed by atoms with Crippen LogP contribution in [0.1, 0.15) is 27.8 Å². The molecule has 0 aliphatic carbocycles. The number of aromatic hydroxyl groups is 4. The molecule has 8 heteroatoms. The lowest BCUT2D eigenvalue weighted by atomic mass is 10.1. The van der Waals surface area contributed by atoms with Crippen molar-refractivity contribution in [1.29, 1.82) is 0 Å². The lowest BCUT2D eigenvalue weighted by Gasteiger charge is -2.03. The van der Waals surface area contributed by atoms with Gasteiger partial charge in [0, 0.05) is 5.56 Å². The van der Waals surface area contributed by atoms with Crippen LogP contribution >= 0.6 is 0 Å². The van der Waals surface area contributed by atoms with Crippen molar-refractivity contribution in [3.05, 3.63) is 161 Å². The smallest absolute Gasteiger partial charge is 0.178 e. The Bertz CT molecular complexity index is 1840. The number of ether oxygens (including phenoxy) is 1. The minimum atomic E-state index is -0.270. The predicted octanol–water partition coefficient (Wildman–Crippen LogP) is 7.40. The lowest BCUT2D eigenvalue weighted by molar-refractivity contribution is -0.111. The highest BCUT2D eigenvalue weighted by Gasteiger charge is 2.01. The van der Waals surface area contributed by atoms with E-state index in [1.165, 1.54) is 43.5 Å². The molecule has 0 radical (unpaired) electrons. The molecular formula is C40H36O8. The highest BCUT2D eigenvalue weighted by molar-refractivity contribution is 6.02. The largest absolute Gasteiger partial charge is 0.508 e. The topological polar surface area (TPSA) is 145 Å². The van der Waals surface area contributed by atoms with Crippen LogP contribution in [0.15, 0.2) is 134 Å². The highest BCUT2D eigenvalue weighted by atomic mass is 16.5. The number of phenols is 4. The number of methoxy groups -OCH3 is 1. The Hall–Kier alpha value is -6.38. The fraction of sp³-hybridized carbons (Fsp3) is 0.0500. The van der Waals surface area contributed by atoms with Crippen LogP contribution in [0.5, 0.6) is 28.7 Å². The molecule has 4 aromatic carbocycles. The third-order valence-corrected chi connectivity index (χ3v) is 6.46. The fourth-order valence-electron chi connectivity index (χ4n) is 3.91. The third-order valence-electron chi connectivity index (χ3n) is 6.46. The normalized spacial score (nSPS) is 11.6. The summed E-state index contributed by atoms with van der Waals surface area (Å²) < 4.78 is 5.03. The summed E-state index contributed by atoms with van der Waals surface area (Å²) in [6, 6.07) is 23.1. The molecule has 0 fully saturated rings. The van der Waals surface area contributed by atoms with E-state index in [0.29, 0.717) is 16.9 Å². The first-order chi connectivity index (χ1) is 23.2. The van der Waals surface area contributed by atoms with Crippen molar-refractivity contribution in [3.63, 3.8) is 0 Å². The third kappa shape index (κ3) is 12.9. The molecule has 0 aromatic heterocycles. The average molecular weight is 645 g/mol. The molecular weight excluding hydrogens is 608 g/mol. The van der Waals surface area contributed by atoms with Gasteiger partial charge >= 0.3 is 0 Å². The Morgan fingerprint density at radius 3 is 1.50 bits per heavy atom. The maximum atomic E-state index is 11.8. The summed E-state index contributed by atoms with van der Waals surface area (Å²) >= 11 is 0. The summed E-state index contributed by atoms with van der Waals surface area (Å²) in [5.41, 5.74) is 3.73. The van der Waals surface area contributed by atoms with Crippen LogP contribution in [0, 0.1) is 0 Å². The van der Waals surface area contributed by atoms with Crippen LogP contribution in [-0.4, -0.2) is 44.2 Å². The van der Waals surface area contributed by atoms with Gasteiger partial charge in [0.25, 0.3) is 0 Å².